The first-order valence-electron chi connectivity index (χ1n) is 8.81. The number of amides is 1. The highest BCUT2D eigenvalue weighted by Crippen LogP contribution is 2.29. The fraction of sp³-hybridized carbons (Fsp3) is 0.238. The Labute approximate surface area is 164 Å². The lowest BCUT2D eigenvalue weighted by atomic mass is 10.0. The van der Waals surface area contributed by atoms with E-state index in [4.69, 9.17) is 10.00 Å². The molecule has 0 aromatic heterocycles. The van der Waals surface area contributed by atoms with Crippen molar-refractivity contribution >= 4 is 27.5 Å². The SMILES string of the molecule is CS(=O)(=O)c1ccc2c(c1)CCCN2C(=O)C=Cc1ccc(OCC#N)cc1. The van der Waals surface area contributed by atoms with Crippen molar-refractivity contribution in [2.75, 3.05) is 24.3 Å². The summed E-state index contributed by atoms with van der Waals surface area (Å²) in [6, 6.07) is 13.9. The number of anilines is 1. The van der Waals surface area contributed by atoms with Gasteiger partial charge in [-0.15, -0.1) is 0 Å². The summed E-state index contributed by atoms with van der Waals surface area (Å²) in [5.41, 5.74) is 2.46. The van der Waals surface area contributed by atoms with Crippen LogP contribution in [0.25, 0.3) is 6.08 Å². The van der Waals surface area contributed by atoms with Crippen molar-refractivity contribution in [1.29, 1.82) is 5.26 Å². The molecular formula is C21H20N2O4S. The molecule has 0 atom stereocenters. The van der Waals surface area contributed by atoms with E-state index in [0.717, 1.165) is 29.7 Å². The van der Waals surface area contributed by atoms with Gasteiger partial charge >= 0.3 is 0 Å². The summed E-state index contributed by atoms with van der Waals surface area (Å²) in [4.78, 5) is 14.6. The number of sulfone groups is 1. The second-order valence-corrected chi connectivity index (χ2v) is 8.52. The number of nitriles is 1. The largest absolute Gasteiger partial charge is 0.479 e. The molecule has 0 aliphatic carbocycles. The minimum Gasteiger partial charge on any atom is -0.479 e. The molecule has 0 unspecified atom stereocenters. The number of aryl methyl sites for hydroxylation is 1. The van der Waals surface area contributed by atoms with Gasteiger partial charge in [-0.3, -0.25) is 4.79 Å². The van der Waals surface area contributed by atoms with Crippen LogP contribution in [0.2, 0.25) is 0 Å². The molecule has 144 valence electrons. The molecule has 1 heterocycles. The van der Waals surface area contributed by atoms with Crippen LogP contribution in [-0.4, -0.2) is 33.7 Å². The van der Waals surface area contributed by atoms with Crippen LogP contribution in [0.5, 0.6) is 5.75 Å². The molecule has 3 rings (SSSR count). The average molecular weight is 396 g/mol. The van der Waals surface area contributed by atoms with E-state index in [1.807, 2.05) is 6.07 Å². The maximum absolute atomic E-state index is 12.7. The summed E-state index contributed by atoms with van der Waals surface area (Å²) >= 11 is 0. The standard InChI is InChI=1S/C21H20N2O4S/c1-28(25,26)19-9-10-20-17(15-19)3-2-13-23(20)21(24)11-6-16-4-7-18(8-5-16)27-14-12-22/h4-11,15H,2-3,13-14H2,1H3. The predicted molar refractivity (Wildman–Crippen MR) is 107 cm³/mol. The van der Waals surface area contributed by atoms with Crippen LogP contribution in [0.1, 0.15) is 17.5 Å². The van der Waals surface area contributed by atoms with Gasteiger partial charge in [0, 0.05) is 24.6 Å². The number of nitrogens with zero attached hydrogens (tertiary/aromatic N) is 2. The minimum atomic E-state index is -3.28. The lowest BCUT2D eigenvalue weighted by Crippen LogP contribution is -2.34. The van der Waals surface area contributed by atoms with Crippen LogP contribution >= 0.6 is 0 Å². The third-order valence-corrected chi connectivity index (χ3v) is 5.58. The number of hydrogen-bond donors (Lipinski definition) is 0. The Morgan fingerprint density at radius 2 is 2.00 bits per heavy atom. The van der Waals surface area contributed by atoms with Gasteiger partial charge in [0.1, 0.15) is 11.8 Å². The smallest absolute Gasteiger partial charge is 0.250 e. The normalized spacial score (nSPS) is 13.8. The van der Waals surface area contributed by atoms with Crippen LogP contribution < -0.4 is 9.64 Å². The highest BCUT2D eigenvalue weighted by molar-refractivity contribution is 7.90. The van der Waals surface area contributed by atoms with Crippen LogP contribution in [0.15, 0.2) is 53.4 Å². The van der Waals surface area contributed by atoms with Crippen LogP contribution in [-0.2, 0) is 21.1 Å². The summed E-state index contributed by atoms with van der Waals surface area (Å²) in [6.07, 6.45) is 5.93. The Bertz CT molecular complexity index is 1050. The molecule has 6 nitrogen and oxygen atoms in total. The van der Waals surface area contributed by atoms with Gasteiger partial charge in [0.2, 0.25) is 0 Å². The average Bonchev–Trinajstić information content (AvgIpc) is 2.69. The first-order chi connectivity index (χ1) is 13.4. The van der Waals surface area contributed by atoms with E-state index >= 15 is 0 Å². The lowest BCUT2D eigenvalue weighted by molar-refractivity contribution is -0.114. The molecule has 0 N–H and O–H groups in total. The third kappa shape index (κ3) is 4.59. The van der Waals surface area contributed by atoms with E-state index in [2.05, 4.69) is 0 Å². The fourth-order valence-electron chi connectivity index (χ4n) is 3.08. The van der Waals surface area contributed by atoms with Crippen molar-refractivity contribution in [2.24, 2.45) is 0 Å². The number of ether oxygens (including phenoxy) is 1. The van der Waals surface area contributed by atoms with Crippen LogP contribution in [0.4, 0.5) is 5.69 Å². The molecule has 0 fully saturated rings. The van der Waals surface area contributed by atoms with Crippen molar-refractivity contribution in [1.82, 2.24) is 0 Å². The number of carbonyl (C=O) groups is 1. The number of carbonyl (C=O) groups excluding carboxylic acids is 1. The molecule has 0 radical (unpaired) electrons. The van der Waals surface area contributed by atoms with Gasteiger partial charge in [-0.25, -0.2) is 8.42 Å². The second-order valence-electron chi connectivity index (χ2n) is 6.51. The van der Waals surface area contributed by atoms with Crippen molar-refractivity contribution in [3.63, 3.8) is 0 Å². The van der Waals surface area contributed by atoms with Gasteiger partial charge in [0.25, 0.3) is 5.91 Å². The minimum absolute atomic E-state index is 0.0108. The summed E-state index contributed by atoms with van der Waals surface area (Å²) in [7, 11) is -3.28. The van der Waals surface area contributed by atoms with Gasteiger partial charge in [-0.1, -0.05) is 12.1 Å². The van der Waals surface area contributed by atoms with Crippen molar-refractivity contribution in [3.05, 3.63) is 59.7 Å². The van der Waals surface area contributed by atoms with E-state index in [9.17, 15) is 13.2 Å². The van der Waals surface area contributed by atoms with E-state index in [1.54, 1.807) is 53.4 Å². The van der Waals surface area contributed by atoms with E-state index in [1.165, 1.54) is 12.3 Å². The first kappa shape index (κ1) is 19.6. The van der Waals surface area contributed by atoms with Crippen molar-refractivity contribution in [3.8, 4) is 11.8 Å². The fourth-order valence-corrected chi connectivity index (χ4v) is 3.75. The number of benzene rings is 2. The molecule has 2 aromatic rings. The summed E-state index contributed by atoms with van der Waals surface area (Å²) < 4.78 is 28.7. The Hall–Kier alpha value is -3.11. The zero-order valence-electron chi connectivity index (χ0n) is 15.5. The molecule has 1 aliphatic rings. The molecule has 0 bridgehead atoms. The van der Waals surface area contributed by atoms with Gasteiger partial charge < -0.3 is 9.64 Å². The number of hydrogen-bond acceptors (Lipinski definition) is 5. The van der Waals surface area contributed by atoms with Crippen molar-refractivity contribution < 1.29 is 17.9 Å². The Balaban J connectivity index is 1.75. The number of fused-ring (bicyclic) bond motifs is 1. The molecule has 0 spiro atoms. The zero-order valence-corrected chi connectivity index (χ0v) is 16.3. The predicted octanol–water partition coefficient (Wildman–Crippen LogP) is 2.99. The van der Waals surface area contributed by atoms with Crippen LogP contribution in [0.3, 0.4) is 0 Å². The molecule has 2 aromatic carbocycles. The molecule has 28 heavy (non-hydrogen) atoms. The van der Waals surface area contributed by atoms with Gasteiger partial charge in [0.15, 0.2) is 16.4 Å². The summed E-state index contributed by atoms with van der Waals surface area (Å²) in [6.45, 7) is 0.582. The molecule has 1 amide bonds. The Kier molecular flexibility index (Phi) is 5.81. The first-order valence-corrected chi connectivity index (χ1v) is 10.7. The highest BCUT2D eigenvalue weighted by atomic mass is 32.2. The van der Waals surface area contributed by atoms with Gasteiger partial charge in [-0.05, 0) is 60.4 Å². The molecule has 7 heteroatoms. The van der Waals surface area contributed by atoms with Crippen molar-refractivity contribution in [2.45, 2.75) is 17.7 Å². The van der Waals surface area contributed by atoms with E-state index in [-0.39, 0.29) is 17.4 Å². The summed E-state index contributed by atoms with van der Waals surface area (Å²) in [5.74, 6) is 0.439. The highest BCUT2D eigenvalue weighted by Gasteiger charge is 2.22. The second kappa shape index (κ2) is 8.28. The monoisotopic (exact) mass is 396 g/mol. The topological polar surface area (TPSA) is 87.5 Å². The van der Waals surface area contributed by atoms with Gasteiger partial charge in [0.05, 0.1) is 4.90 Å². The van der Waals surface area contributed by atoms with Crippen LogP contribution in [0, 0.1) is 11.3 Å². The maximum atomic E-state index is 12.7. The van der Waals surface area contributed by atoms with Gasteiger partial charge in [-0.2, -0.15) is 5.26 Å². The summed E-state index contributed by atoms with van der Waals surface area (Å²) in [5, 5.41) is 8.52. The molecule has 0 saturated carbocycles. The zero-order chi connectivity index (χ0) is 20.1. The van der Waals surface area contributed by atoms with E-state index in [0.29, 0.717) is 12.3 Å². The Morgan fingerprint density at radius 3 is 2.68 bits per heavy atom. The molecule has 1 aliphatic heterocycles. The third-order valence-electron chi connectivity index (χ3n) is 4.47. The Morgan fingerprint density at radius 1 is 1.25 bits per heavy atom. The lowest BCUT2D eigenvalue weighted by Gasteiger charge is -2.29. The molecular weight excluding hydrogens is 376 g/mol. The maximum Gasteiger partial charge on any atom is 0.250 e. The molecule has 0 saturated heterocycles. The van der Waals surface area contributed by atoms with E-state index < -0.39 is 9.84 Å². The number of rotatable bonds is 5. The quantitative estimate of drug-likeness (QED) is 0.725.